The molecule has 3 heteroatoms. The minimum Gasteiger partial charge on any atom is -0.394 e. The van der Waals surface area contributed by atoms with Crippen molar-refractivity contribution in [2.45, 2.75) is 58.5 Å². The van der Waals surface area contributed by atoms with Gasteiger partial charge in [0.2, 0.25) is 0 Å². The van der Waals surface area contributed by atoms with E-state index in [0.717, 1.165) is 25.9 Å². The maximum atomic E-state index is 9.03. The van der Waals surface area contributed by atoms with E-state index < -0.39 is 5.54 Å². The zero-order chi connectivity index (χ0) is 11.9. The largest absolute Gasteiger partial charge is 0.394 e. The zero-order valence-corrected chi connectivity index (χ0v) is 10.8. The third-order valence-corrected chi connectivity index (χ3v) is 2.80. The predicted octanol–water partition coefficient (Wildman–Crippen LogP) is 1.60. The second-order valence-electron chi connectivity index (χ2n) is 5.05. The third kappa shape index (κ3) is 6.88. The van der Waals surface area contributed by atoms with Gasteiger partial charge in [-0.15, -0.1) is 0 Å². The summed E-state index contributed by atoms with van der Waals surface area (Å²) in [4.78, 5) is 2.47. The van der Waals surface area contributed by atoms with Crippen LogP contribution in [0.4, 0.5) is 0 Å². The van der Waals surface area contributed by atoms with E-state index in [9.17, 15) is 0 Å². The van der Waals surface area contributed by atoms with Gasteiger partial charge in [-0.3, -0.25) is 0 Å². The maximum absolute atomic E-state index is 9.03. The van der Waals surface area contributed by atoms with Gasteiger partial charge in [0.05, 0.1) is 6.61 Å². The van der Waals surface area contributed by atoms with E-state index in [4.69, 9.17) is 10.8 Å². The van der Waals surface area contributed by atoms with Crippen LogP contribution in [0.3, 0.4) is 0 Å². The maximum Gasteiger partial charge on any atom is 0.0608 e. The Labute approximate surface area is 94.6 Å². The van der Waals surface area contributed by atoms with Gasteiger partial charge in [-0.25, -0.2) is 0 Å². The molecular formula is C12H28N2O. The van der Waals surface area contributed by atoms with Crippen molar-refractivity contribution in [3.8, 4) is 0 Å². The summed E-state index contributed by atoms with van der Waals surface area (Å²) in [5.41, 5.74) is 5.48. The Balaban J connectivity index is 3.80. The molecule has 0 aromatic heterocycles. The van der Waals surface area contributed by atoms with Gasteiger partial charge in [0.1, 0.15) is 0 Å². The van der Waals surface area contributed by atoms with E-state index in [0.29, 0.717) is 6.04 Å². The minimum atomic E-state index is -0.408. The monoisotopic (exact) mass is 216 g/mol. The quantitative estimate of drug-likeness (QED) is 0.648. The molecule has 3 nitrogen and oxygen atoms in total. The molecule has 0 aliphatic rings. The number of aliphatic hydroxyl groups excluding tert-OH is 1. The van der Waals surface area contributed by atoms with Crippen LogP contribution in [0.25, 0.3) is 0 Å². The van der Waals surface area contributed by atoms with Crippen LogP contribution in [0.5, 0.6) is 0 Å². The Kier molecular flexibility index (Phi) is 7.14. The first-order chi connectivity index (χ1) is 6.93. The molecule has 15 heavy (non-hydrogen) atoms. The molecule has 0 spiro atoms. The molecule has 0 aliphatic carbocycles. The molecule has 1 atom stereocenters. The van der Waals surface area contributed by atoms with Gasteiger partial charge in [0.15, 0.2) is 0 Å². The normalized spacial score (nSPS) is 16.0. The van der Waals surface area contributed by atoms with E-state index in [2.05, 4.69) is 25.7 Å². The van der Waals surface area contributed by atoms with Crippen molar-refractivity contribution in [3.05, 3.63) is 0 Å². The Morgan fingerprint density at radius 1 is 1.33 bits per heavy atom. The highest BCUT2D eigenvalue weighted by Crippen LogP contribution is 2.10. The van der Waals surface area contributed by atoms with Crippen molar-refractivity contribution in [1.82, 2.24) is 4.90 Å². The summed E-state index contributed by atoms with van der Waals surface area (Å²) in [5, 5.41) is 9.03. The number of aliphatic hydroxyl groups is 1. The van der Waals surface area contributed by atoms with E-state index in [1.807, 2.05) is 6.92 Å². The van der Waals surface area contributed by atoms with Gasteiger partial charge in [-0.05, 0) is 53.1 Å². The van der Waals surface area contributed by atoms with Crippen molar-refractivity contribution in [2.75, 3.05) is 19.7 Å². The molecule has 0 aromatic carbocycles. The van der Waals surface area contributed by atoms with Crippen LogP contribution in [0.15, 0.2) is 0 Å². The first kappa shape index (κ1) is 14.9. The molecule has 0 saturated heterocycles. The van der Waals surface area contributed by atoms with Crippen molar-refractivity contribution >= 4 is 0 Å². The molecule has 0 radical (unpaired) electrons. The van der Waals surface area contributed by atoms with Crippen LogP contribution in [0, 0.1) is 0 Å². The number of rotatable bonds is 8. The number of nitrogens with two attached hydrogens (primary N) is 1. The molecular weight excluding hydrogens is 188 g/mol. The van der Waals surface area contributed by atoms with Gasteiger partial charge in [0.25, 0.3) is 0 Å². The Morgan fingerprint density at radius 2 is 1.93 bits per heavy atom. The molecule has 0 aliphatic heterocycles. The van der Waals surface area contributed by atoms with Crippen LogP contribution in [-0.2, 0) is 0 Å². The fraction of sp³-hybridized carbons (Fsp3) is 1.00. The summed E-state index contributed by atoms with van der Waals surface area (Å²) in [7, 11) is 0. The van der Waals surface area contributed by atoms with Crippen LogP contribution < -0.4 is 5.73 Å². The zero-order valence-electron chi connectivity index (χ0n) is 10.8. The lowest BCUT2D eigenvalue weighted by atomic mass is 9.98. The molecule has 92 valence electrons. The topological polar surface area (TPSA) is 49.5 Å². The molecule has 0 amide bonds. The lowest BCUT2D eigenvalue weighted by Gasteiger charge is -2.28. The van der Waals surface area contributed by atoms with Gasteiger partial charge >= 0.3 is 0 Å². The van der Waals surface area contributed by atoms with Crippen molar-refractivity contribution in [2.24, 2.45) is 5.73 Å². The molecule has 1 unspecified atom stereocenters. The molecule has 0 heterocycles. The molecule has 0 aromatic rings. The molecule has 3 N–H and O–H groups in total. The summed E-state index contributed by atoms with van der Waals surface area (Å²) in [6, 6.07) is 0.600. The van der Waals surface area contributed by atoms with E-state index in [-0.39, 0.29) is 6.61 Å². The summed E-state index contributed by atoms with van der Waals surface area (Å²) < 4.78 is 0. The van der Waals surface area contributed by atoms with Gasteiger partial charge in [-0.2, -0.15) is 0 Å². The van der Waals surface area contributed by atoms with Crippen LogP contribution >= 0.6 is 0 Å². The van der Waals surface area contributed by atoms with Gasteiger partial charge in [0, 0.05) is 11.6 Å². The first-order valence-electron chi connectivity index (χ1n) is 6.06. The van der Waals surface area contributed by atoms with Crippen LogP contribution in [0.1, 0.15) is 47.0 Å². The van der Waals surface area contributed by atoms with E-state index >= 15 is 0 Å². The average Bonchev–Trinajstić information content (AvgIpc) is 2.16. The Hall–Kier alpha value is -0.120. The van der Waals surface area contributed by atoms with E-state index in [1.54, 1.807) is 0 Å². The Morgan fingerprint density at radius 3 is 2.33 bits per heavy atom. The van der Waals surface area contributed by atoms with E-state index in [1.165, 1.54) is 6.42 Å². The number of nitrogens with zero attached hydrogens (tertiary/aromatic N) is 1. The summed E-state index contributed by atoms with van der Waals surface area (Å²) in [6.45, 7) is 10.9. The second-order valence-corrected chi connectivity index (χ2v) is 5.05. The summed E-state index contributed by atoms with van der Waals surface area (Å²) in [5.74, 6) is 0. The fourth-order valence-electron chi connectivity index (χ4n) is 1.68. The van der Waals surface area contributed by atoms with Gasteiger partial charge < -0.3 is 15.7 Å². The number of hydrogen-bond acceptors (Lipinski definition) is 3. The first-order valence-corrected chi connectivity index (χ1v) is 6.06. The third-order valence-electron chi connectivity index (χ3n) is 2.80. The molecule has 0 bridgehead atoms. The van der Waals surface area contributed by atoms with Crippen LogP contribution in [-0.4, -0.2) is 41.3 Å². The fourth-order valence-corrected chi connectivity index (χ4v) is 1.68. The van der Waals surface area contributed by atoms with Crippen LogP contribution in [0.2, 0.25) is 0 Å². The van der Waals surface area contributed by atoms with Crippen molar-refractivity contribution in [3.63, 3.8) is 0 Å². The van der Waals surface area contributed by atoms with Gasteiger partial charge in [-0.1, -0.05) is 6.92 Å². The second kappa shape index (κ2) is 7.20. The minimum absolute atomic E-state index is 0.0719. The SMILES string of the molecule is CCCN(CCCC(C)(N)CO)C(C)C. The Bertz CT molecular complexity index is 158. The molecule has 0 fully saturated rings. The highest BCUT2D eigenvalue weighted by molar-refractivity contribution is 4.77. The van der Waals surface area contributed by atoms with Crippen molar-refractivity contribution in [1.29, 1.82) is 0 Å². The van der Waals surface area contributed by atoms with Crippen molar-refractivity contribution < 1.29 is 5.11 Å². The highest BCUT2D eigenvalue weighted by atomic mass is 16.3. The number of hydrogen-bond donors (Lipinski definition) is 2. The standard InChI is InChI=1S/C12H28N2O/c1-5-8-14(11(2)3)9-6-7-12(4,13)10-15/h11,15H,5-10,13H2,1-4H3. The smallest absolute Gasteiger partial charge is 0.0608 e. The average molecular weight is 216 g/mol. The lowest BCUT2D eigenvalue weighted by molar-refractivity contribution is 0.177. The summed E-state index contributed by atoms with van der Waals surface area (Å²) >= 11 is 0. The molecule has 0 saturated carbocycles. The lowest BCUT2D eigenvalue weighted by Crippen LogP contribution is -2.41. The molecule has 0 rings (SSSR count). The predicted molar refractivity (Wildman–Crippen MR) is 65.9 cm³/mol. The summed E-state index contributed by atoms with van der Waals surface area (Å²) in [6.07, 6.45) is 3.14. The highest BCUT2D eigenvalue weighted by Gasteiger charge is 2.17.